The zero-order chi connectivity index (χ0) is 12.4. The summed E-state index contributed by atoms with van der Waals surface area (Å²) in [5.74, 6) is -0.0527. The largest absolute Gasteiger partial charge is 0.481 e. The molecule has 1 fully saturated rings. The predicted octanol–water partition coefficient (Wildman–Crippen LogP) is 0.605. The van der Waals surface area contributed by atoms with Crippen molar-refractivity contribution >= 4 is 11.8 Å². The minimum atomic E-state index is -0.845. The van der Waals surface area contributed by atoms with Crippen LogP contribution in [0.2, 0.25) is 0 Å². The van der Waals surface area contributed by atoms with Crippen molar-refractivity contribution in [2.24, 2.45) is 5.92 Å². The summed E-state index contributed by atoms with van der Waals surface area (Å²) >= 11 is 0. The fourth-order valence-electron chi connectivity index (χ4n) is 1.92. The molecule has 1 aromatic heterocycles. The fraction of sp³-hybridized carbons (Fsp3) is 0.545. The van der Waals surface area contributed by atoms with Crippen LogP contribution in [0.3, 0.4) is 0 Å². The van der Waals surface area contributed by atoms with Crippen LogP contribution >= 0.6 is 0 Å². The van der Waals surface area contributed by atoms with E-state index in [1.165, 1.54) is 0 Å². The van der Waals surface area contributed by atoms with Crippen molar-refractivity contribution in [3.05, 3.63) is 17.6 Å². The Kier molecular flexibility index (Phi) is 3.23. The molecule has 0 spiro atoms. The van der Waals surface area contributed by atoms with Crippen molar-refractivity contribution in [1.29, 1.82) is 0 Å². The van der Waals surface area contributed by atoms with E-state index in [-0.39, 0.29) is 12.6 Å². The second-order valence-electron chi connectivity index (χ2n) is 4.17. The normalized spacial score (nSPS) is 23.6. The van der Waals surface area contributed by atoms with E-state index in [0.29, 0.717) is 18.2 Å². The number of carboxylic acid groups (broad SMARTS) is 1. The summed E-state index contributed by atoms with van der Waals surface area (Å²) in [7, 11) is 0. The molecular formula is C11H15N3O3. The van der Waals surface area contributed by atoms with E-state index in [4.69, 9.17) is 9.84 Å². The van der Waals surface area contributed by atoms with E-state index in [9.17, 15) is 4.79 Å². The number of aromatic nitrogens is 2. The smallest absolute Gasteiger partial charge is 0.311 e. The summed E-state index contributed by atoms with van der Waals surface area (Å²) in [6.07, 6.45) is 0. The molecular weight excluding hydrogens is 222 g/mol. The highest BCUT2D eigenvalue weighted by Crippen LogP contribution is 2.18. The molecule has 1 aliphatic heterocycles. The molecule has 0 aliphatic carbocycles. The Hall–Kier alpha value is -1.69. The first-order valence-corrected chi connectivity index (χ1v) is 5.45. The number of carbonyl (C=O) groups is 1. The van der Waals surface area contributed by atoms with E-state index in [1.807, 2.05) is 6.92 Å². The predicted molar refractivity (Wildman–Crippen MR) is 60.9 cm³/mol. The van der Waals surface area contributed by atoms with Gasteiger partial charge in [-0.2, -0.15) is 0 Å². The van der Waals surface area contributed by atoms with Crippen LogP contribution in [0.5, 0.6) is 0 Å². The molecule has 2 atom stereocenters. The molecule has 2 unspecified atom stereocenters. The highest BCUT2D eigenvalue weighted by Gasteiger charge is 2.34. The van der Waals surface area contributed by atoms with Crippen LogP contribution in [0.25, 0.3) is 0 Å². The third kappa shape index (κ3) is 2.71. The first kappa shape index (κ1) is 11.8. The summed E-state index contributed by atoms with van der Waals surface area (Å²) in [6, 6.07) is 1.56. The molecule has 0 aromatic carbocycles. The minimum absolute atomic E-state index is 0.235. The lowest BCUT2D eigenvalue weighted by molar-refractivity contribution is -0.141. The van der Waals surface area contributed by atoms with Gasteiger partial charge in [0.25, 0.3) is 0 Å². The maximum absolute atomic E-state index is 11.0. The third-order valence-corrected chi connectivity index (χ3v) is 2.70. The summed E-state index contributed by atoms with van der Waals surface area (Å²) in [5, 5.41) is 12.1. The molecule has 0 bridgehead atoms. The number of nitrogens with zero attached hydrogens (tertiary/aromatic N) is 2. The van der Waals surface area contributed by atoms with Crippen LogP contribution in [-0.2, 0) is 9.53 Å². The number of aryl methyl sites for hydroxylation is 2. The van der Waals surface area contributed by atoms with Gasteiger partial charge in [-0.1, -0.05) is 0 Å². The molecule has 1 aromatic rings. The van der Waals surface area contributed by atoms with E-state index >= 15 is 0 Å². The quantitative estimate of drug-likeness (QED) is 0.801. The number of rotatable bonds is 3. The lowest BCUT2D eigenvalue weighted by atomic mass is 10.0. The number of ether oxygens (including phenoxy) is 1. The first-order chi connectivity index (χ1) is 8.06. The van der Waals surface area contributed by atoms with Gasteiger partial charge in [0, 0.05) is 11.8 Å². The molecule has 2 rings (SSSR count). The Balaban J connectivity index is 2.12. The van der Waals surface area contributed by atoms with Gasteiger partial charge >= 0.3 is 5.97 Å². The minimum Gasteiger partial charge on any atom is -0.481 e. The Morgan fingerprint density at radius 3 is 2.88 bits per heavy atom. The van der Waals surface area contributed by atoms with Gasteiger partial charge < -0.3 is 15.2 Å². The van der Waals surface area contributed by atoms with Crippen LogP contribution in [0.15, 0.2) is 6.07 Å². The van der Waals surface area contributed by atoms with Gasteiger partial charge in [0.2, 0.25) is 0 Å². The van der Waals surface area contributed by atoms with Gasteiger partial charge in [-0.15, -0.1) is 0 Å². The van der Waals surface area contributed by atoms with Crippen molar-refractivity contribution in [1.82, 2.24) is 9.97 Å². The van der Waals surface area contributed by atoms with Crippen LogP contribution < -0.4 is 5.32 Å². The Morgan fingerprint density at radius 1 is 1.47 bits per heavy atom. The molecule has 17 heavy (non-hydrogen) atoms. The Bertz CT molecular complexity index is 416. The van der Waals surface area contributed by atoms with Crippen molar-refractivity contribution in [3.8, 4) is 0 Å². The maximum atomic E-state index is 11.0. The lowest BCUT2D eigenvalue weighted by Gasteiger charge is -2.16. The molecule has 2 N–H and O–H groups in total. The van der Waals surface area contributed by atoms with E-state index in [1.54, 1.807) is 13.0 Å². The number of anilines is 1. The van der Waals surface area contributed by atoms with Gasteiger partial charge in [-0.3, -0.25) is 4.79 Å². The SMILES string of the molecule is Cc1cc(NC2COCC2C(=O)O)nc(C)n1. The molecule has 1 aliphatic rings. The number of aliphatic carboxylic acids is 1. The van der Waals surface area contributed by atoms with Crippen LogP contribution in [-0.4, -0.2) is 40.3 Å². The summed E-state index contributed by atoms with van der Waals surface area (Å²) < 4.78 is 5.18. The lowest BCUT2D eigenvalue weighted by Crippen LogP contribution is -2.33. The fourth-order valence-corrected chi connectivity index (χ4v) is 1.92. The van der Waals surface area contributed by atoms with Gasteiger partial charge in [-0.25, -0.2) is 9.97 Å². The topological polar surface area (TPSA) is 84.3 Å². The van der Waals surface area contributed by atoms with Crippen molar-refractivity contribution in [3.63, 3.8) is 0 Å². The molecule has 0 amide bonds. The van der Waals surface area contributed by atoms with Gasteiger partial charge in [0.05, 0.1) is 19.3 Å². The van der Waals surface area contributed by atoms with E-state index < -0.39 is 11.9 Å². The summed E-state index contributed by atoms with van der Waals surface area (Å²) in [6.45, 7) is 4.31. The van der Waals surface area contributed by atoms with Crippen molar-refractivity contribution in [2.45, 2.75) is 19.9 Å². The van der Waals surface area contributed by atoms with Gasteiger partial charge in [0.15, 0.2) is 0 Å². The van der Waals surface area contributed by atoms with Gasteiger partial charge in [-0.05, 0) is 13.8 Å². The van der Waals surface area contributed by atoms with Crippen LogP contribution in [0.1, 0.15) is 11.5 Å². The Labute approximate surface area is 99.0 Å². The second kappa shape index (κ2) is 4.67. The van der Waals surface area contributed by atoms with Crippen molar-refractivity contribution in [2.75, 3.05) is 18.5 Å². The highest BCUT2D eigenvalue weighted by molar-refractivity contribution is 5.72. The molecule has 6 heteroatoms. The molecule has 0 radical (unpaired) electrons. The van der Waals surface area contributed by atoms with Crippen molar-refractivity contribution < 1.29 is 14.6 Å². The second-order valence-corrected chi connectivity index (χ2v) is 4.17. The molecule has 6 nitrogen and oxygen atoms in total. The average Bonchev–Trinajstić information content (AvgIpc) is 2.63. The summed E-state index contributed by atoms with van der Waals surface area (Å²) in [4.78, 5) is 19.4. The molecule has 2 heterocycles. The first-order valence-electron chi connectivity index (χ1n) is 5.45. The maximum Gasteiger partial charge on any atom is 0.311 e. The average molecular weight is 237 g/mol. The van der Waals surface area contributed by atoms with E-state index in [0.717, 1.165) is 5.69 Å². The number of carboxylic acids is 1. The summed E-state index contributed by atoms with van der Waals surface area (Å²) in [5.41, 5.74) is 0.853. The molecule has 1 saturated heterocycles. The number of hydrogen-bond acceptors (Lipinski definition) is 5. The highest BCUT2D eigenvalue weighted by atomic mass is 16.5. The van der Waals surface area contributed by atoms with E-state index in [2.05, 4.69) is 15.3 Å². The monoisotopic (exact) mass is 237 g/mol. The Morgan fingerprint density at radius 2 is 2.24 bits per heavy atom. The third-order valence-electron chi connectivity index (χ3n) is 2.70. The standard InChI is InChI=1S/C11H15N3O3/c1-6-3-10(13-7(2)12-6)14-9-5-17-4-8(9)11(15)16/h3,8-9H,4-5H2,1-2H3,(H,15,16)(H,12,13,14). The zero-order valence-electron chi connectivity index (χ0n) is 9.80. The zero-order valence-corrected chi connectivity index (χ0v) is 9.80. The molecule has 92 valence electrons. The molecule has 0 saturated carbocycles. The van der Waals surface area contributed by atoms with Crippen LogP contribution in [0, 0.1) is 19.8 Å². The van der Waals surface area contributed by atoms with Gasteiger partial charge in [0.1, 0.15) is 17.6 Å². The number of nitrogens with one attached hydrogen (secondary N) is 1. The number of hydrogen-bond donors (Lipinski definition) is 2. The van der Waals surface area contributed by atoms with Crippen LogP contribution in [0.4, 0.5) is 5.82 Å².